The summed E-state index contributed by atoms with van der Waals surface area (Å²) < 4.78 is 13.3. The maximum atomic E-state index is 12.6. The van der Waals surface area contributed by atoms with E-state index in [-0.39, 0.29) is 18.3 Å². The van der Waals surface area contributed by atoms with Crippen molar-refractivity contribution in [3.05, 3.63) is 69.9 Å². The fourth-order valence-corrected chi connectivity index (χ4v) is 3.14. The molecule has 1 amide bonds. The predicted molar refractivity (Wildman–Crippen MR) is 108 cm³/mol. The molecule has 7 heteroatoms. The molecule has 0 saturated heterocycles. The first-order valence-corrected chi connectivity index (χ1v) is 9.51. The summed E-state index contributed by atoms with van der Waals surface area (Å²) in [6.45, 7) is 7.26. The number of carbonyl (C=O) groups is 1. The molecule has 1 aromatic carbocycles. The number of aryl methyl sites for hydroxylation is 3. The number of hydrogen-bond donors (Lipinski definition) is 0. The molecule has 2 aromatic heterocycles. The van der Waals surface area contributed by atoms with Crippen molar-refractivity contribution in [1.29, 1.82) is 0 Å². The lowest BCUT2D eigenvalue weighted by Gasteiger charge is -2.14. The molecular weight excluding hydrogens is 378 g/mol. The quantitative estimate of drug-likeness (QED) is 0.579. The zero-order chi connectivity index (χ0) is 20.3. The van der Waals surface area contributed by atoms with Crippen LogP contribution in [0.5, 0.6) is 5.75 Å². The van der Waals surface area contributed by atoms with Crippen molar-refractivity contribution in [2.45, 2.75) is 40.5 Å². The molecule has 0 radical (unpaired) electrons. The molecule has 0 atom stereocenters. The Morgan fingerprint density at radius 3 is 2.61 bits per heavy atom. The second-order valence-corrected chi connectivity index (χ2v) is 7.12. The Bertz CT molecular complexity index is 957. The fourth-order valence-electron chi connectivity index (χ4n) is 2.93. The lowest BCUT2D eigenvalue weighted by atomic mass is 10.1. The Morgan fingerprint density at radius 2 is 1.96 bits per heavy atom. The summed E-state index contributed by atoms with van der Waals surface area (Å²) in [6, 6.07) is 9.41. The topological polar surface area (TPSA) is 60.5 Å². The van der Waals surface area contributed by atoms with E-state index in [1.807, 2.05) is 39.0 Å². The number of nitrogens with zero attached hydrogens (tertiary/aromatic N) is 3. The van der Waals surface area contributed by atoms with Gasteiger partial charge in [0.15, 0.2) is 5.76 Å². The van der Waals surface area contributed by atoms with Gasteiger partial charge < -0.3 is 14.1 Å². The minimum Gasteiger partial charge on any atom is -0.485 e. The van der Waals surface area contributed by atoms with E-state index >= 15 is 0 Å². The first-order valence-electron chi connectivity index (χ1n) is 9.14. The summed E-state index contributed by atoms with van der Waals surface area (Å²) in [4.78, 5) is 14.2. The molecule has 3 rings (SSSR count). The number of amides is 1. The van der Waals surface area contributed by atoms with Crippen molar-refractivity contribution in [2.24, 2.45) is 0 Å². The van der Waals surface area contributed by atoms with Gasteiger partial charge in [-0.1, -0.05) is 29.8 Å². The highest BCUT2D eigenvalue weighted by molar-refractivity contribution is 6.31. The molecule has 0 bridgehead atoms. The van der Waals surface area contributed by atoms with Gasteiger partial charge in [0, 0.05) is 19.8 Å². The first kappa shape index (κ1) is 20.0. The Hall–Kier alpha value is -2.73. The van der Waals surface area contributed by atoms with Crippen molar-refractivity contribution in [3.63, 3.8) is 0 Å². The Balaban J connectivity index is 1.64. The third kappa shape index (κ3) is 4.39. The molecular formula is C21H24ClN3O3. The highest BCUT2D eigenvalue weighted by atomic mass is 35.5. The second-order valence-electron chi connectivity index (χ2n) is 6.72. The zero-order valence-corrected chi connectivity index (χ0v) is 17.3. The number of aromatic nitrogens is 2. The van der Waals surface area contributed by atoms with Crippen LogP contribution in [-0.4, -0.2) is 27.6 Å². The van der Waals surface area contributed by atoms with Gasteiger partial charge in [0.1, 0.15) is 23.8 Å². The van der Waals surface area contributed by atoms with Gasteiger partial charge in [0.25, 0.3) is 5.91 Å². The standard InChI is InChI=1S/C21H24ClN3O3/c1-5-25-11-17(22)18(23-25)12-24(4)21(26)19-10-9-16(28-19)13-27-20-14(2)7-6-8-15(20)3/h6-11H,5,12-13H2,1-4H3. The number of carbonyl (C=O) groups excluding carboxylic acids is 1. The van der Waals surface area contributed by atoms with Gasteiger partial charge >= 0.3 is 0 Å². The SMILES string of the molecule is CCn1cc(Cl)c(CN(C)C(=O)c2ccc(COc3c(C)cccc3C)o2)n1. The van der Waals surface area contributed by atoms with E-state index in [4.69, 9.17) is 20.8 Å². The van der Waals surface area contributed by atoms with Crippen LogP contribution in [0.3, 0.4) is 0 Å². The third-order valence-electron chi connectivity index (χ3n) is 4.48. The average Bonchev–Trinajstić information content (AvgIpc) is 3.27. The smallest absolute Gasteiger partial charge is 0.289 e. The fraction of sp³-hybridized carbons (Fsp3) is 0.333. The van der Waals surface area contributed by atoms with Crippen molar-refractivity contribution >= 4 is 17.5 Å². The lowest BCUT2D eigenvalue weighted by molar-refractivity contribution is 0.0747. The second kappa shape index (κ2) is 8.52. The maximum Gasteiger partial charge on any atom is 0.289 e. The molecule has 0 aliphatic carbocycles. The van der Waals surface area contributed by atoms with Crippen LogP contribution in [0, 0.1) is 13.8 Å². The number of rotatable bonds is 7. The van der Waals surface area contributed by atoms with Crippen molar-refractivity contribution in [3.8, 4) is 5.75 Å². The van der Waals surface area contributed by atoms with Gasteiger partial charge in [0.05, 0.1) is 11.6 Å². The molecule has 0 N–H and O–H groups in total. The largest absolute Gasteiger partial charge is 0.485 e. The van der Waals surface area contributed by atoms with Gasteiger partial charge in [0.2, 0.25) is 0 Å². The van der Waals surface area contributed by atoms with Crippen LogP contribution in [0.15, 0.2) is 40.9 Å². The van der Waals surface area contributed by atoms with E-state index in [1.165, 1.54) is 4.90 Å². The number of halogens is 1. The van der Waals surface area contributed by atoms with Crippen LogP contribution < -0.4 is 4.74 Å². The molecule has 6 nitrogen and oxygen atoms in total. The minimum absolute atomic E-state index is 0.236. The van der Waals surface area contributed by atoms with E-state index in [0.29, 0.717) is 23.0 Å². The minimum atomic E-state index is -0.236. The number of para-hydroxylation sites is 1. The number of benzene rings is 1. The summed E-state index contributed by atoms with van der Waals surface area (Å²) in [5.41, 5.74) is 2.78. The van der Waals surface area contributed by atoms with Crippen molar-refractivity contribution in [1.82, 2.24) is 14.7 Å². The van der Waals surface area contributed by atoms with Gasteiger partial charge in [-0.15, -0.1) is 0 Å². The summed E-state index contributed by atoms with van der Waals surface area (Å²) in [5.74, 6) is 1.45. The summed E-state index contributed by atoms with van der Waals surface area (Å²) in [5, 5.41) is 4.91. The lowest BCUT2D eigenvalue weighted by Crippen LogP contribution is -2.26. The van der Waals surface area contributed by atoms with Crippen LogP contribution >= 0.6 is 11.6 Å². The van der Waals surface area contributed by atoms with E-state index in [0.717, 1.165) is 23.4 Å². The molecule has 0 aliphatic heterocycles. The molecule has 0 unspecified atom stereocenters. The highest BCUT2D eigenvalue weighted by Crippen LogP contribution is 2.24. The molecule has 0 aliphatic rings. The molecule has 0 saturated carbocycles. The van der Waals surface area contributed by atoms with Crippen LogP contribution in [-0.2, 0) is 19.7 Å². The molecule has 0 fully saturated rings. The Morgan fingerprint density at radius 1 is 1.25 bits per heavy atom. The number of hydrogen-bond acceptors (Lipinski definition) is 4. The monoisotopic (exact) mass is 401 g/mol. The third-order valence-corrected chi connectivity index (χ3v) is 4.80. The van der Waals surface area contributed by atoms with Crippen LogP contribution in [0.1, 0.15) is 40.1 Å². The molecule has 28 heavy (non-hydrogen) atoms. The summed E-state index contributed by atoms with van der Waals surface area (Å²) >= 11 is 6.19. The van der Waals surface area contributed by atoms with Crippen molar-refractivity contribution < 1.29 is 13.9 Å². The van der Waals surface area contributed by atoms with Crippen molar-refractivity contribution in [2.75, 3.05) is 7.05 Å². The number of furan rings is 1. The zero-order valence-electron chi connectivity index (χ0n) is 16.5. The van der Waals surface area contributed by atoms with E-state index < -0.39 is 0 Å². The summed E-state index contributed by atoms with van der Waals surface area (Å²) in [7, 11) is 1.69. The molecule has 2 heterocycles. The molecule has 0 spiro atoms. The maximum absolute atomic E-state index is 12.6. The van der Waals surface area contributed by atoms with E-state index in [2.05, 4.69) is 5.10 Å². The Labute approximate surface area is 169 Å². The normalized spacial score (nSPS) is 10.9. The van der Waals surface area contributed by atoms with Crippen LogP contribution in [0.4, 0.5) is 0 Å². The van der Waals surface area contributed by atoms with E-state index in [9.17, 15) is 4.79 Å². The summed E-state index contributed by atoms with van der Waals surface area (Å²) in [6.07, 6.45) is 1.76. The van der Waals surface area contributed by atoms with Gasteiger partial charge in [-0.3, -0.25) is 9.48 Å². The van der Waals surface area contributed by atoms with Gasteiger partial charge in [-0.05, 0) is 44.0 Å². The molecule has 148 valence electrons. The highest BCUT2D eigenvalue weighted by Gasteiger charge is 2.19. The first-order chi connectivity index (χ1) is 13.4. The average molecular weight is 402 g/mol. The van der Waals surface area contributed by atoms with Crippen LogP contribution in [0.2, 0.25) is 5.02 Å². The number of ether oxygens (including phenoxy) is 1. The van der Waals surface area contributed by atoms with Gasteiger partial charge in [-0.25, -0.2) is 0 Å². The molecule has 3 aromatic rings. The van der Waals surface area contributed by atoms with Gasteiger partial charge in [-0.2, -0.15) is 5.10 Å². The van der Waals surface area contributed by atoms with E-state index in [1.54, 1.807) is 30.1 Å². The predicted octanol–water partition coefficient (Wildman–Crippen LogP) is 4.62. The van der Waals surface area contributed by atoms with Crippen LogP contribution in [0.25, 0.3) is 0 Å². The Kier molecular flexibility index (Phi) is 6.09.